The molecule has 0 saturated heterocycles. The number of carbonyl (C=O) groups is 3. The highest BCUT2D eigenvalue weighted by Gasteiger charge is 2.19. The van der Waals surface area contributed by atoms with Gasteiger partial charge in [0.15, 0.2) is 6.61 Å². The van der Waals surface area contributed by atoms with Crippen LogP contribution >= 0.6 is 0 Å². The maximum Gasteiger partial charge on any atom is 0.338 e. The van der Waals surface area contributed by atoms with Gasteiger partial charge in [0.1, 0.15) is 11.5 Å². The Bertz CT molecular complexity index is 948. The Morgan fingerprint density at radius 2 is 1.86 bits per heavy atom. The molecule has 0 radical (unpaired) electrons. The van der Waals surface area contributed by atoms with Gasteiger partial charge in [0.25, 0.3) is 11.6 Å². The summed E-state index contributed by atoms with van der Waals surface area (Å²) >= 11 is 0. The summed E-state index contributed by atoms with van der Waals surface area (Å²) in [4.78, 5) is 47.1. The van der Waals surface area contributed by atoms with Crippen LogP contribution in [-0.2, 0) is 14.3 Å². The lowest BCUT2D eigenvalue weighted by atomic mass is 10.2. The zero-order valence-corrected chi connectivity index (χ0v) is 15.3. The summed E-state index contributed by atoms with van der Waals surface area (Å²) in [5.41, 5.74) is 5.09. The van der Waals surface area contributed by atoms with Crippen molar-refractivity contribution in [1.82, 2.24) is 4.90 Å². The van der Waals surface area contributed by atoms with Gasteiger partial charge in [0, 0.05) is 18.8 Å². The number of likely N-dealkylation sites (N-methyl/N-ethyl adjacent to an activating group) is 1. The first kappa shape index (κ1) is 21.3. The SMILES string of the molecule is CN(CC(=O)Nc1ccc(F)cc1)C(=O)COC(=O)c1ccc(N)c([N+](=O)[O-])c1. The number of anilines is 2. The fraction of sp³-hybridized carbons (Fsp3) is 0.167. The van der Waals surface area contributed by atoms with E-state index < -0.39 is 40.8 Å². The summed E-state index contributed by atoms with van der Waals surface area (Å²) in [5, 5.41) is 13.3. The first-order valence-electron chi connectivity index (χ1n) is 8.18. The highest BCUT2D eigenvalue weighted by Crippen LogP contribution is 2.22. The molecule has 0 unspecified atom stereocenters. The number of halogens is 1. The molecule has 0 saturated carbocycles. The molecule has 2 aromatic rings. The zero-order valence-electron chi connectivity index (χ0n) is 15.3. The molecule has 0 aromatic heterocycles. The molecule has 0 spiro atoms. The number of ether oxygens (including phenoxy) is 1. The van der Waals surface area contributed by atoms with Crippen LogP contribution in [0.4, 0.5) is 21.5 Å². The second-order valence-electron chi connectivity index (χ2n) is 5.91. The molecule has 0 aliphatic heterocycles. The molecule has 2 rings (SSSR count). The maximum absolute atomic E-state index is 12.8. The number of esters is 1. The van der Waals surface area contributed by atoms with Crippen molar-refractivity contribution in [2.24, 2.45) is 0 Å². The summed E-state index contributed by atoms with van der Waals surface area (Å²) < 4.78 is 17.7. The van der Waals surface area contributed by atoms with Crippen LogP contribution < -0.4 is 11.1 Å². The van der Waals surface area contributed by atoms with Gasteiger partial charge in [0.05, 0.1) is 17.0 Å². The average Bonchev–Trinajstić information content (AvgIpc) is 2.67. The molecule has 10 nitrogen and oxygen atoms in total. The van der Waals surface area contributed by atoms with Gasteiger partial charge in [0.2, 0.25) is 5.91 Å². The van der Waals surface area contributed by atoms with Crippen molar-refractivity contribution in [1.29, 1.82) is 0 Å². The first-order valence-corrected chi connectivity index (χ1v) is 8.18. The van der Waals surface area contributed by atoms with Crippen molar-refractivity contribution in [3.63, 3.8) is 0 Å². The third-order valence-electron chi connectivity index (χ3n) is 3.72. The summed E-state index contributed by atoms with van der Waals surface area (Å²) in [6.07, 6.45) is 0. The number of nitrogen functional groups attached to an aromatic ring is 1. The predicted octanol–water partition coefficient (Wildman–Crippen LogP) is 1.57. The van der Waals surface area contributed by atoms with Gasteiger partial charge in [-0.3, -0.25) is 19.7 Å². The van der Waals surface area contributed by atoms with Gasteiger partial charge < -0.3 is 20.7 Å². The quantitative estimate of drug-likeness (QED) is 0.308. The summed E-state index contributed by atoms with van der Waals surface area (Å²) in [5.74, 6) is -2.61. The van der Waals surface area contributed by atoms with E-state index in [2.05, 4.69) is 5.32 Å². The Hall–Kier alpha value is -4.02. The molecule has 3 N–H and O–H groups in total. The fourth-order valence-electron chi connectivity index (χ4n) is 2.19. The highest BCUT2D eigenvalue weighted by atomic mass is 19.1. The lowest BCUT2D eigenvalue weighted by Gasteiger charge is -2.16. The molecule has 0 bridgehead atoms. The Morgan fingerprint density at radius 3 is 2.48 bits per heavy atom. The van der Waals surface area contributed by atoms with E-state index in [4.69, 9.17) is 10.5 Å². The third-order valence-corrected chi connectivity index (χ3v) is 3.72. The monoisotopic (exact) mass is 404 g/mol. The fourth-order valence-corrected chi connectivity index (χ4v) is 2.19. The second kappa shape index (κ2) is 9.26. The first-order chi connectivity index (χ1) is 13.7. The summed E-state index contributed by atoms with van der Waals surface area (Å²) in [6.45, 7) is -1.00. The summed E-state index contributed by atoms with van der Waals surface area (Å²) in [6, 6.07) is 8.43. The molecule has 2 aromatic carbocycles. The lowest BCUT2D eigenvalue weighted by molar-refractivity contribution is -0.383. The number of nitro groups is 1. The molecule has 29 heavy (non-hydrogen) atoms. The Morgan fingerprint density at radius 1 is 1.21 bits per heavy atom. The minimum absolute atomic E-state index is 0.116. The number of rotatable bonds is 7. The van der Waals surface area contributed by atoms with Crippen LogP contribution in [0.3, 0.4) is 0 Å². The Labute approximate surface area is 164 Å². The molecule has 0 atom stereocenters. The number of hydrogen-bond donors (Lipinski definition) is 2. The molecule has 11 heteroatoms. The van der Waals surface area contributed by atoms with Crippen molar-refractivity contribution in [2.45, 2.75) is 0 Å². The zero-order chi connectivity index (χ0) is 21.6. The van der Waals surface area contributed by atoms with Gasteiger partial charge in [-0.05, 0) is 36.4 Å². The molecule has 0 aliphatic rings. The number of carbonyl (C=O) groups excluding carboxylic acids is 3. The molecule has 2 amide bonds. The van der Waals surface area contributed by atoms with Crippen molar-refractivity contribution in [3.8, 4) is 0 Å². The van der Waals surface area contributed by atoms with Crippen molar-refractivity contribution in [3.05, 3.63) is 64.0 Å². The van der Waals surface area contributed by atoms with Crippen LogP contribution in [0.1, 0.15) is 10.4 Å². The summed E-state index contributed by atoms with van der Waals surface area (Å²) in [7, 11) is 1.33. The average molecular weight is 404 g/mol. The van der Waals surface area contributed by atoms with Crippen LogP contribution in [0.25, 0.3) is 0 Å². The van der Waals surface area contributed by atoms with Crippen LogP contribution in [0, 0.1) is 15.9 Å². The van der Waals surface area contributed by atoms with Crippen LogP contribution in [0.2, 0.25) is 0 Å². The molecule has 0 heterocycles. The third kappa shape index (κ3) is 5.99. The van der Waals surface area contributed by atoms with E-state index >= 15 is 0 Å². The normalized spacial score (nSPS) is 10.1. The van der Waals surface area contributed by atoms with Crippen molar-refractivity contribution >= 4 is 34.8 Å². The second-order valence-corrected chi connectivity index (χ2v) is 5.91. The van der Waals surface area contributed by atoms with Crippen molar-refractivity contribution in [2.75, 3.05) is 31.2 Å². The topological polar surface area (TPSA) is 145 Å². The number of benzene rings is 2. The number of hydrogen-bond acceptors (Lipinski definition) is 7. The smallest absolute Gasteiger partial charge is 0.338 e. The van der Waals surface area contributed by atoms with Gasteiger partial charge in [-0.1, -0.05) is 0 Å². The van der Waals surface area contributed by atoms with Crippen LogP contribution in [-0.4, -0.2) is 47.8 Å². The molecule has 152 valence electrons. The van der Waals surface area contributed by atoms with E-state index in [1.165, 1.54) is 43.4 Å². The number of amides is 2. The van der Waals surface area contributed by atoms with Crippen molar-refractivity contribution < 1.29 is 28.4 Å². The van der Waals surface area contributed by atoms with Gasteiger partial charge in [-0.25, -0.2) is 9.18 Å². The minimum Gasteiger partial charge on any atom is -0.452 e. The Balaban J connectivity index is 1.87. The van der Waals surface area contributed by atoms with E-state index in [0.717, 1.165) is 11.0 Å². The van der Waals surface area contributed by atoms with E-state index in [-0.39, 0.29) is 17.8 Å². The van der Waals surface area contributed by atoms with E-state index in [9.17, 15) is 28.9 Å². The largest absolute Gasteiger partial charge is 0.452 e. The van der Waals surface area contributed by atoms with E-state index in [0.29, 0.717) is 5.69 Å². The molecule has 0 aliphatic carbocycles. The highest BCUT2D eigenvalue weighted by molar-refractivity contribution is 5.95. The molecular formula is C18H17FN4O6. The van der Waals surface area contributed by atoms with Crippen LogP contribution in [0.5, 0.6) is 0 Å². The van der Waals surface area contributed by atoms with Gasteiger partial charge in [-0.15, -0.1) is 0 Å². The molecular weight excluding hydrogens is 387 g/mol. The predicted molar refractivity (Wildman–Crippen MR) is 100 cm³/mol. The number of nitrogens with zero attached hydrogens (tertiary/aromatic N) is 2. The standard InChI is InChI=1S/C18H17FN4O6/c1-22(9-16(24)21-13-5-3-12(19)4-6-13)17(25)10-29-18(26)11-2-7-14(20)15(8-11)23(27)28/h2-8H,9-10,20H2,1H3,(H,21,24). The lowest BCUT2D eigenvalue weighted by Crippen LogP contribution is -2.37. The maximum atomic E-state index is 12.8. The van der Waals surface area contributed by atoms with E-state index in [1.54, 1.807) is 0 Å². The number of nitro benzene ring substituents is 1. The Kier molecular flexibility index (Phi) is 6.80. The molecule has 0 fully saturated rings. The number of nitrogens with two attached hydrogens (primary N) is 1. The minimum atomic E-state index is -0.953. The van der Waals surface area contributed by atoms with E-state index in [1.807, 2.05) is 0 Å². The number of nitrogens with one attached hydrogen (secondary N) is 1. The van der Waals surface area contributed by atoms with Gasteiger partial charge >= 0.3 is 5.97 Å². The van der Waals surface area contributed by atoms with Crippen LogP contribution in [0.15, 0.2) is 42.5 Å². The van der Waals surface area contributed by atoms with Gasteiger partial charge in [-0.2, -0.15) is 0 Å².